The van der Waals surface area contributed by atoms with Gasteiger partial charge in [-0.05, 0) is 13.8 Å². The Kier molecular flexibility index (Phi) is 6.98. The van der Waals surface area contributed by atoms with Crippen LogP contribution in [0.2, 0.25) is 0 Å². The van der Waals surface area contributed by atoms with E-state index >= 15 is 0 Å². The number of ether oxygens (including phenoxy) is 2. The molecule has 0 heterocycles. The molecule has 0 unspecified atom stereocenters. The predicted molar refractivity (Wildman–Crippen MR) is 51.7 cm³/mol. The minimum Gasteiger partial charge on any atom is -0.465 e. The Morgan fingerprint density at radius 2 is 1.87 bits per heavy atom. The van der Waals surface area contributed by atoms with E-state index in [1.54, 1.807) is 13.8 Å². The summed E-state index contributed by atoms with van der Waals surface area (Å²) in [6, 6.07) is 1.85. The molecule has 0 radical (unpaired) electrons. The first kappa shape index (κ1) is 13.4. The molecule has 15 heavy (non-hydrogen) atoms. The lowest BCUT2D eigenvalue weighted by atomic mass is 10.3. The summed E-state index contributed by atoms with van der Waals surface area (Å²) in [4.78, 5) is 22.0. The zero-order valence-corrected chi connectivity index (χ0v) is 8.99. The van der Waals surface area contributed by atoms with E-state index in [-0.39, 0.29) is 32.0 Å². The van der Waals surface area contributed by atoms with Crippen LogP contribution >= 0.6 is 0 Å². The number of carbonyl (C=O) groups is 2. The molecule has 84 valence electrons. The van der Waals surface area contributed by atoms with Gasteiger partial charge in [0.05, 0.1) is 31.4 Å². The van der Waals surface area contributed by atoms with E-state index in [0.29, 0.717) is 0 Å². The average Bonchev–Trinajstić information content (AvgIpc) is 2.14. The Morgan fingerprint density at radius 3 is 2.40 bits per heavy atom. The lowest BCUT2D eigenvalue weighted by Gasteiger charge is -2.07. The molecule has 0 aromatic rings. The van der Waals surface area contributed by atoms with Gasteiger partial charge in [-0.2, -0.15) is 5.26 Å². The van der Waals surface area contributed by atoms with E-state index in [0.717, 1.165) is 0 Å². The van der Waals surface area contributed by atoms with E-state index in [1.807, 2.05) is 6.07 Å². The molecule has 0 aliphatic carbocycles. The molecule has 0 bridgehead atoms. The second-order valence-corrected chi connectivity index (χ2v) is 3.17. The van der Waals surface area contributed by atoms with Crippen molar-refractivity contribution in [3.63, 3.8) is 0 Å². The van der Waals surface area contributed by atoms with Gasteiger partial charge in [-0.1, -0.05) is 0 Å². The van der Waals surface area contributed by atoms with Gasteiger partial charge < -0.3 is 9.47 Å². The van der Waals surface area contributed by atoms with E-state index < -0.39 is 11.9 Å². The Balaban J connectivity index is 3.54. The van der Waals surface area contributed by atoms with E-state index in [4.69, 9.17) is 10.00 Å². The number of carbonyl (C=O) groups excluding carboxylic acids is 2. The quantitative estimate of drug-likeness (QED) is 0.489. The van der Waals surface area contributed by atoms with Crippen LogP contribution in [-0.2, 0) is 19.1 Å². The van der Waals surface area contributed by atoms with E-state index in [1.165, 1.54) is 0 Å². The maximum atomic E-state index is 11.0. The van der Waals surface area contributed by atoms with Crippen molar-refractivity contribution in [1.82, 2.24) is 0 Å². The summed E-state index contributed by atoms with van der Waals surface area (Å²) in [5.41, 5.74) is 0. The molecule has 0 aliphatic rings. The van der Waals surface area contributed by atoms with Gasteiger partial charge in [0.25, 0.3) is 0 Å². The van der Waals surface area contributed by atoms with Crippen molar-refractivity contribution in [2.24, 2.45) is 0 Å². The molecule has 0 saturated heterocycles. The molecule has 0 N–H and O–H groups in total. The first-order chi connectivity index (χ1) is 7.06. The molecule has 0 aromatic heterocycles. The zero-order chi connectivity index (χ0) is 11.7. The standard InChI is InChI=1S/C10H15NO4/c1-8(2)15-10(13)5-4-9(12)14-7-3-6-11/h8H,3-5,7H2,1-2H3. The summed E-state index contributed by atoms with van der Waals surface area (Å²) < 4.78 is 9.50. The number of nitrogens with zero attached hydrogens (tertiary/aromatic N) is 1. The molecule has 0 fully saturated rings. The molecule has 0 aliphatic heterocycles. The highest BCUT2D eigenvalue weighted by Gasteiger charge is 2.09. The molecular weight excluding hydrogens is 198 g/mol. The third kappa shape index (κ3) is 8.75. The van der Waals surface area contributed by atoms with Gasteiger partial charge in [-0.3, -0.25) is 9.59 Å². The van der Waals surface area contributed by atoms with Crippen molar-refractivity contribution in [3.05, 3.63) is 0 Å². The van der Waals surface area contributed by atoms with Crippen LogP contribution in [0, 0.1) is 11.3 Å². The lowest BCUT2D eigenvalue weighted by molar-refractivity contribution is -0.152. The molecule has 0 spiro atoms. The fourth-order valence-corrected chi connectivity index (χ4v) is 0.809. The highest BCUT2D eigenvalue weighted by molar-refractivity contribution is 5.77. The number of hydrogen-bond acceptors (Lipinski definition) is 5. The van der Waals surface area contributed by atoms with Crippen LogP contribution in [0.4, 0.5) is 0 Å². The molecule has 0 rings (SSSR count). The first-order valence-corrected chi connectivity index (χ1v) is 4.78. The van der Waals surface area contributed by atoms with Crippen LogP contribution in [0.3, 0.4) is 0 Å². The number of nitriles is 1. The van der Waals surface area contributed by atoms with Gasteiger partial charge in [0.1, 0.15) is 6.61 Å². The second-order valence-electron chi connectivity index (χ2n) is 3.17. The first-order valence-electron chi connectivity index (χ1n) is 4.78. The van der Waals surface area contributed by atoms with Crippen LogP contribution in [0.15, 0.2) is 0 Å². The topological polar surface area (TPSA) is 76.4 Å². The molecule has 0 aromatic carbocycles. The number of rotatable bonds is 6. The van der Waals surface area contributed by atoms with Crippen LogP contribution in [0.1, 0.15) is 33.1 Å². The van der Waals surface area contributed by atoms with E-state index in [2.05, 4.69) is 4.74 Å². The monoisotopic (exact) mass is 213 g/mol. The molecule has 0 atom stereocenters. The minimum atomic E-state index is -0.481. The van der Waals surface area contributed by atoms with Gasteiger partial charge in [0, 0.05) is 0 Å². The lowest BCUT2D eigenvalue weighted by Crippen LogP contribution is -2.14. The van der Waals surface area contributed by atoms with Crippen molar-refractivity contribution in [3.8, 4) is 6.07 Å². The third-order valence-corrected chi connectivity index (χ3v) is 1.38. The van der Waals surface area contributed by atoms with Crippen LogP contribution < -0.4 is 0 Å². The second kappa shape index (κ2) is 7.80. The van der Waals surface area contributed by atoms with Gasteiger partial charge in [0.2, 0.25) is 0 Å². The summed E-state index contributed by atoms with van der Waals surface area (Å²) in [5, 5.41) is 8.18. The van der Waals surface area contributed by atoms with Crippen LogP contribution in [0.25, 0.3) is 0 Å². The summed E-state index contributed by atoms with van der Waals surface area (Å²) in [6.45, 7) is 3.56. The maximum Gasteiger partial charge on any atom is 0.306 e. The molecule has 0 saturated carbocycles. The Morgan fingerprint density at radius 1 is 1.27 bits per heavy atom. The Labute approximate surface area is 89.0 Å². The smallest absolute Gasteiger partial charge is 0.306 e. The molecule has 5 nitrogen and oxygen atoms in total. The summed E-state index contributed by atoms with van der Waals surface area (Å²) in [7, 11) is 0. The highest BCUT2D eigenvalue weighted by Crippen LogP contribution is 1.99. The zero-order valence-electron chi connectivity index (χ0n) is 8.99. The average molecular weight is 213 g/mol. The number of esters is 2. The van der Waals surface area contributed by atoms with Crippen molar-refractivity contribution in [1.29, 1.82) is 5.26 Å². The fourth-order valence-electron chi connectivity index (χ4n) is 0.809. The van der Waals surface area contributed by atoms with Gasteiger partial charge in [-0.25, -0.2) is 0 Å². The fraction of sp³-hybridized carbons (Fsp3) is 0.700. The SMILES string of the molecule is CC(C)OC(=O)CCC(=O)OCCC#N. The summed E-state index contributed by atoms with van der Waals surface area (Å²) >= 11 is 0. The largest absolute Gasteiger partial charge is 0.465 e. The third-order valence-electron chi connectivity index (χ3n) is 1.38. The Hall–Kier alpha value is -1.57. The maximum absolute atomic E-state index is 11.0. The molecule has 0 amide bonds. The normalized spacial score (nSPS) is 9.47. The van der Waals surface area contributed by atoms with Crippen molar-refractivity contribution >= 4 is 11.9 Å². The molecular formula is C10H15NO4. The van der Waals surface area contributed by atoms with Crippen LogP contribution in [0.5, 0.6) is 0 Å². The van der Waals surface area contributed by atoms with Gasteiger partial charge >= 0.3 is 11.9 Å². The molecule has 5 heteroatoms. The van der Waals surface area contributed by atoms with Gasteiger partial charge in [0.15, 0.2) is 0 Å². The highest BCUT2D eigenvalue weighted by atomic mass is 16.5. The van der Waals surface area contributed by atoms with E-state index in [9.17, 15) is 9.59 Å². The minimum absolute atomic E-state index is 0.00299. The predicted octanol–water partition coefficient (Wildman–Crippen LogP) is 1.18. The summed E-state index contributed by atoms with van der Waals surface area (Å²) in [5.74, 6) is -0.895. The van der Waals surface area contributed by atoms with Crippen molar-refractivity contribution in [2.45, 2.75) is 39.2 Å². The van der Waals surface area contributed by atoms with Gasteiger partial charge in [-0.15, -0.1) is 0 Å². The van der Waals surface area contributed by atoms with Crippen molar-refractivity contribution < 1.29 is 19.1 Å². The van der Waals surface area contributed by atoms with Crippen molar-refractivity contribution in [2.75, 3.05) is 6.61 Å². The summed E-state index contributed by atoms with van der Waals surface area (Å²) in [6.07, 6.45) is 0.00929. The van der Waals surface area contributed by atoms with Crippen LogP contribution in [-0.4, -0.2) is 24.6 Å². The Bertz CT molecular complexity index is 255. The number of hydrogen-bond donors (Lipinski definition) is 0.